The molecule has 1 heterocycles. The number of aromatic nitrogens is 1. The number of hydrogen-bond donors (Lipinski definition) is 0. The largest absolute Gasteiger partial charge is 0.341 e. The fourth-order valence-corrected chi connectivity index (χ4v) is 3.72. The third kappa shape index (κ3) is 4.07. The molecule has 6 heteroatoms. The van der Waals surface area contributed by atoms with E-state index in [1.54, 1.807) is 35.4 Å². The fourth-order valence-electron chi connectivity index (χ4n) is 2.43. The first-order chi connectivity index (χ1) is 11.5. The van der Waals surface area contributed by atoms with E-state index < -0.39 is 0 Å². The van der Waals surface area contributed by atoms with Crippen molar-refractivity contribution in [1.29, 1.82) is 0 Å². The van der Waals surface area contributed by atoms with E-state index in [0.29, 0.717) is 29.4 Å². The Morgan fingerprint density at radius 1 is 1.17 bits per heavy atom. The van der Waals surface area contributed by atoms with Crippen LogP contribution in [0.4, 0.5) is 0 Å². The molecule has 2 aromatic carbocycles. The number of carbonyl (C=O) groups excluding carboxylic acids is 1. The lowest BCUT2D eigenvalue weighted by Crippen LogP contribution is -2.26. The van der Waals surface area contributed by atoms with Gasteiger partial charge >= 0.3 is 0 Å². The number of halogens is 2. The molecular weight excluding hydrogens is 363 g/mol. The molecule has 0 bridgehead atoms. The van der Waals surface area contributed by atoms with Gasteiger partial charge < -0.3 is 4.90 Å². The molecule has 1 amide bonds. The molecule has 0 atom stereocenters. The maximum Gasteiger partial charge on any atom is 0.223 e. The van der Waals surface area contributed by atoms with Crippen molar-refractivity contribution in [2.24, 2.45) is 0 Å². The molecule has 0 aliphatic heterocycles. The van der Waals surface area contributed by atoms with Gasteiger partial charge in [0.05, 0.1) is 25.3 Å². The predicted octanol–water partition coefficient (Wildman–Crippen LogP) is 5.19. The molecule has 124 valence electrons. The molecule has 0 saturated heterocycles. The Labute approximate surface area is 154 Å². The minimum absolute atomic E-state index is 0.0836. The highest BCUT2D eigenvalue weighted by atomic mass is 35.5. The maximum atomic E-state index is 12.3. The second-order valence-electron chi connectivity index (χ2n) is 5.57. The smallest absolute Gasteiger partial charge is 0.223 e. The van der Waals surface area contributed by atoms with Crippen LogP contribution in [0.3, 0.4) is 0 Å². The zero-order valence-corrected chi connectivity index (χ0v) is 15.5. The first-order valence-corrected chi connectivity index (χ1v) is 9.12. The van der Waals surface area contributed by atoms with Crippen LogP contribution in [-0.2, 0) is 17.8 Å². The summed E-state index contributed by atoms with van der Waals surface area (Å²) in [4.78, 5) is 18.6. The minimum atomic E-state index is 0.0836. The van der Waals surface area contributed by atoms with Gasteiger partial charge in [-0.2, -0.15) is 0 Å². The van der Waals surface area contributed by atoms with Crippen molar-refractivity contribution in [3.8, 4) is 0 Å². The molecule has 0 saturated carbocycles. The summed E-state index contributed by atoms with van der Waals surface area (Å²) in [6, 6.07) is 13.4. The van der Waals surface area contributed by atoms with Gasteiger partial charge in [-0.15, -0.1) is 11.3 Å². The summed E-state index contributed by atoms with van der Waals surface area (Å²) in [5.74, 6) is 0.0836. The number of fused-ring (bicyclic) bond motifs is 1. The highest BCUT2D eigenvalue weighted by molar-refractivity contribution is 7.18. The van der Waals surface area contributed by atoms with Gasteiger partial charge in [0, 0.05) is 26.4 Å². The van der Waals surface area contributed by atoms with Gasteiger partial charge in [-0.1, -0.05) is 41.4 Å². The van der Waals surface area contributed by atoms with Crippen LogP contribution in [0, 0.1) is 0 Å². The fraction of sp³-hybridized carbons (Fsp3) is 0.222. The lowest BCUT2D eigenvalue weighted by molar-refractivity contribution is -0.130. The molecule has 0 aliphatic rings. The molecular formula is C18H16Cl2N2OS. The Balaban J connectivity index is 1.58. The van der Waals surface area contributed by atoms with Crippen LogP contribution in [0.15, 0.2) is 42.5 Å². The lowest BCUT2D eigenvalue weighted by Gasteiger charge is -2.17. The third-order valence-corrected chi connectivity index (χ3v) is 5.56. The van der Waals surface area contributed by atoms with Crippen LogP contribution >= 0.6 is 34.5 Å². The molecule has 24 heavy (non-hydrogen) atoms. The van der Waals surface area contributed by atoms with Crippen molar-refractivity contribution in [3.05, 3.63) is 63.1 Å². The highest BCUT2D eigenvalue weighted by Crippen LogP contribution is 2.24. The first-order valence-electron chi connectivity index (χ1n) is 7.55. The quantitative estimate of drug-likeness (QED) is 0.611. The summed E-state index contributed by atoms with van der Waals surface area (Å²) in [7, 11) is 1.79. The molecule has 0 fully saturated rings. The zero-order chi connectivity index (χ0) is 17.1. The Morgan fingerprint density at radius 3 is 2.71 bits per heavy atom. The summed E-state index contributed by atoms with van der Waals surface area (Å²) in [6.45, 7) is 0.509. The third-order valence-electron chi connectivity index (χ3n) is 3.72. The van der Waals surface area contributed by atoms with Gasteiger partial charge in [-0.25, -0.2) is 4.98 Å². The minimum Gasteiger partial charge on any atom is -0.341 e. The topological polar surface area (TPSA) is 33.2 Å². The van der Waals surface area contributed by atoms with E-state index >= 15 is 0 Å². The van der Waals surface area contributed by atoms with Crippen molar-refractivity contribution in [2.45, 2.75) is 19.4 Å². The molecule has 3 rings (SSSR count). The van der Waals surface area contributed by atoms with E-state index in [1.807, 2.05) is 24.3 Å². The predicted molar refractivity (Wildman–Crippen MR) is 101 cm³/mol. The van der Waals surface area contributed by atoms with Crippen molar-refractivity contribution in [3.63, 3.8) is 0 Å². The number of thiazole rings is 1. The maximum absolute atomic E-state index is 12.3. The van der Waals surface area contributed by atoms with Crippen molar-refractivity contribution in [2.75, 3.05) is 7.05 Å². The Morgan fingerprint density at radius 2 is 1.96 bits per heavy atom. The van der Waals surface area contributed by atoms with Crippen molar-refractivity contribution >= 4 is 50.7 Å². The lowest BCUT2D eigenvalue weighted by atomic mass is 10.2. The van der Waals surface area contributed by atoms with Crippen LogP contribution < -0.4 is 0 Å². The van der Waals surface area contributed by atoms with E-state index in [2.05, 4.69) is 11.1 Å². The highest BCUT2D eigenvalue weighted by Gasteiger charge is 2.12. The Kier molecular flexibility index (Phi) is 5.39. The van der Waals surface area contributed by atoms with Crippen molar-refractivity contribution in [1.82, 2.24) is 9.88 Å². The van der Waals surface area contributed by atoms with Crippen molar-refractivity contribution < 1.29 is 4.79 Å². The number of benzene rings is 2. The summed E-state index contributed by atoms with van der Waals surface area (Å²) in [6.07, 6.45) is 1.10. The van der Waals surface area contributed by atoms with Gasteiger partial charge in [-0.05, 0) is 29.8 Å². The van der Waals surface area contributed by atoms with Crippen LogP contribution in [0.1, 0.15) is 17.0 Å². The Hall–Kier alpha value is -1.62. The van der Waals surface area contributed by atoms with Gasteiger partial charge in [0.2, 0.25) is 5.91 Å². The molecule has 0 N–H and O–H groups in total. The summed E-state index contributed by atoms with van der Waals surface area (Å²) in [5, 5.41) is 2.02. The summed E-state index contributed by atoms with van der Waals surface area (Å²) in [5.41, 5.74) is 1.95. The molecule has 0 aliphatic carbocycles. The van der Waals surface area contributed by atoms with E-state index in [9.17, 15) is 4.79 Å². The number of hydrogen-bond acceptors (Lipinski definition) is 3. The van der Waals surface area contributed by atoms with E-state index in [4.69, 9.17) is 23.2 Å². The number of aryl methyl sites for hydroxylation is 1. The number of para-hydroxylation sites is 1. The number of rotatable bonds is 5. The van der Waals surface area contributed by atoms with Crippen LogP contribution in [-0.4, -0.2) is 22.8 Å². The van der Waals surface area contributed by atoms with Gasteiger partial charge in [0.25, 0.3) is 0 Å². The van der Waals surface area contributed by atoms with E-state index in [1.165, 1.54) is 0 Å². The van der Waals surface area contributed by atoms with Gasteiger partial charge in [-0.3, -0.25) is 4.79 Å². The summed E-state index contributed by atoms with van der Waals surface area (Å²) >= 11 is 13.6. The average molecular weight is 379 g/mol. The van der Waals surface area contributed by atoms with Crippen LogP contribution in [0.2, 0.25) is 10.0 Å². The molecule has 0 unspecified atom stereocenters. The number of nitrogens with zero attached hydrogens (tertiary/aromatic N) is 2. The zero-order valence-electron chi connectivity index (χ0n) is 13.1. The summed E-state index contributed by atoms with van der Waals surface area (Å²) < 4.78 is 1.16. The molecule has 3 aromatic rings. The number of amides is 1. The normalized spacial score (nSPS) is 11.0. The molecule has 3 nitrogen and oxygen atoms in total. The van der Waals surface area contributed by atoms with E-state index in [0.717, 1.165) is 20.8 Å². The van der Waals surface area contributed by atoms with Crippen LogP contribution in [0.25, 0.3) is 10.2 Å². The number of carbonyl (C=O) groups is 1. The molecule has 0 spiro atoms. The standard InChI is InChI=1S/C18H16Cl2N2OS/c1-22(11-12-6-7-13(19)14(20)10-12)18(23)9-8-17-21-15-4-2-3-5-16(15)24-17/h2-7,10H,8-9,11H2,1H3. The van der Waals surface area contributed by atoms with Gasteiger partial charge in [0.1, 0.15) is 0 Å². The molecule has 0 radical (unpaired) electrons. The van der Waals surface area contributed by atoms with Gasteiger partial charge in [0.15, 0.2) is 0 Å². The average Bonchev–Trinajstić information content (AvgIpc) is 2.99. The second kappa shape index (κ2) is 7.51. The Bertz CT molecular complexity index is 845. The van der Waals surface area contributed by atoms with E-state index in [-0.39, 0.29) is 5.91 Å². The van der Waals surface area contributed by atoms with Crippen LogP contribution in [0.5, 0.6) is 0 Å². The first kappa shape index (κ1) is 17.2. The molecule has 1 aromatic heterocycles. The monoisotopic (exact) mass is 378 g/mol. The SMILES string of the molecule is CN(Cc1ccc(Cl)c(Cl)c1)C(=O)CCc1nc2ccccc2s1. The second-order valence-corrected chi connectivity index (χ2v) is 7.50.